The molecule has 2 aromatic carbocycles. The first-order valence-corrected chi connectivity index (χ1v) is 11.1. The number of nitrogens with one attached hydrogen (secondary N) is 1. The molecule has 1 saturated heterocycles. The highest BCUT2D eigenvalue weighted by Gasteiger charge is 2.25. The van der Waals surface area contributed by atoms with Gasteiger partial charge in [-0.25, -0.2) is 0 Å². The number of aromatic amines is 1. The van der Waals surface area contributed by atoms with Gasteiger partial charge in [0.2, 0.25) is 0 Å². The average Bonchev–Trinajstić information content (AvgIpc) is 3.26. The van der Waals surface area contributed by atoms with E-state index in [1.54, 1.807) is 13.2 Å². The van der Waals surface area contributed by atoms with Crippen LogP contribution in [0.3, 0.4) is 0 Å². The number of nitrogens with zero attached hydrogens (tertiary/aromatic N) is 2. The third-order valence-electron chi connectivity index (χ3n) is 5.85. The van der Waals surface area contributed by atoms with Gasteiger partial charge in [-0.3, -0.25) is 9.59 Å². The van der Waals surface area contributed by atoms with Crippen molar-refractivity contribution in [3.05, 3.63) is 69.3 Å². The lowest BCUT2D eigenvalue weighted by molar-refractivity contribution is 0.0751. The van der Waals surface area contributed by atoms with Crippen LogP contribution >= 0.6 is 11.3 Å². The van der Waals surface area contributed by atoms with Crippen molar-refractivity contribution in [2.24, 2.45) is 0 Å². The normalized spacial score (nSPS) is 14.4. The van der Waals surface area contributed by atoms with E-state index in [0.29, 0.717) is 23.4 Å². The van der Waals surface area contributed by atoms with Gasteiger partial charge in [0.05, 0.1) is 23.1 Å². The maximum Gasteiger partial charge on any atom is 0.264 e. The van der Waals surface area contributed by atoms with Crippen LogP contribution in [0, 0.1) is 6.92 Å². The number of benzene rings is 2. The fourth-order valence-corrected chi connectivity index (χ4v) is 5.36. The Morgan fingerprint density at radius 3 is 2.58 bits per heavy atom. The number of hydrogen-bond donors (Lipinski definition) is 1. The molecule has 6 nitrogen and oxygen atoms in total. The highest BCUT2D eigenvalue weighted by atomic mass is 32.1. The lowest BCUT2D eigenvalue weighted by Gasteiger charge is -2.36. The highest BCUT2D eigenvalue weighted by molar-refractivity contribution is 7.21. The highest BCUT2D eigenvalue weighted by Crippen LogP contribution is 2.32. The van der Waals surface area contributed by atoms with Gasteiger partial charge >= 0.3 is 0 Å². The van der Waals surface area contributed by atoms with Gasteiger partial charge in [-0.15, -0.1) is 11.3 Å². The Balaban J connectivity index is 1.41. The largest absolute Gasteiger partial charge is 0.495 e. The van der Waals surface area contributed by atoms with E-state index in [2.05, 4.69) is 16.0 Å². The number of hydrogen-bond acceptors (Lipinski definition) is 5. The van der Waals surface area contributed by atoms with Crippen LogP contribution in [0.5, 0.6) is 5.75 Å². The molecule has 1 aliphatic rings. The number of rotatable bonds is 3. The van der Waals surface area contributed by atoms with Gasteiger partial charge in [0.1, 0.15) is 5.75 Å². The number of methoxy groups -OCH3 is 1. The molecule has 1 aliphatic heterocycles. The van der Waals surface area contributed by atoms with Crippen molar-refractivity contribution in [2.75, 3.05) is 38.2 Å². The van der Waals surface area contributed by atoms with Crippen LogP contribution in [-0.4, -0.2) is 49.1 Å². The lowest BCUT2D eigenvalue weighted by Crippen LogP contribution is -2.48. The molecule has 158 valence electrons. The zero-order valence-electron chi connectivity index (χ0n) is 17.5. The number of para-hydroxylation sites is 2. The smallest absolute Gasteiger partial charge is 0.264 e. The van der Waals surface area contributed by atoms with E-state index in [1.807, 2.05) is 48.2 Å². The SMILES string of the molecule is COc1ccccc1N1CCN(C(=O)c2cc3c(=O)[nH]c4ccc(C)cc4c3s2)CC1. The Morgan fingerprint density at radius 2 is 1.81 bits per heavy atom. The molecule has 0 saturated carbocycles. The number of carbonyl (C=O) groups is 1. The monoisotopic (exact) mass is 433 g/mol. The van der Waals surface area contributed by atoms with Crippen molar-refractivity contribution in [3.8, 4) is 5.75 Å². The summed E-state index contributed by atoms with van der Waals surface area (Å²) in [6.07, 6.45) is 0. The predicted molar refractivity (Wildman–Crippen MR) is 126 cm³/mol. The summed E-state index contributed by atoms with van der Waals surface area (Å²) in [6.45, 7) is 4.75. The van der Waals surface area contributed by atoms with E-state index in [0.717, 1.165) is 45.7 Å². The second-order valence-corrected chi connectivity index (χ2v) is 8.86. The number of thiophene rings is 1. The van der Waals surface area contributed by atoms with Crippen LogP contribution in [0.15, 0.2) is 53.3 Å². The Bertz CT molecular complexity index is 1350. The summed E-state index contributed by atoms with van der Waals surface area (Å²) in [5, 5.41) is 1.57. The van der Waals surface area contributed by atoms with Crippen LogP contribution in [0.2, 0.25) is 0 Å². The molecule has 2 aromatic heterocycles. The zero-order valence-corrected chi connectivity index (χ0v) is 18.3. The quantitative estimate of drug-likeness (QED) is 0.530. The zero-order chi connectivity index (χ0) is 21.5. The lowest BCUT2D eigenvalue weighted by atomic mass is 10.1. The van der Waals surface area contributed by atoms with E-state index in [4.69, 9.17) is 4.74 Å². The molecule has 31 heavy (non-hydrogen) atoms. The Labute approximate surface area is 183 Å². The summed E-state index contributed by atoms with van der Waals surface area (Å²) >= 11 is 1.41. The Morgan fingerprint density at radius 1 is 1.03 bits per heavy atom. The number of ether oxygens (including phenoxy) is 1. The molecular weight excluding hydrogens is 410 g/mol. The summed E-state index contributed by atoms with van der Waals surface area (Å²) in [4.78, 5) is 33.5. The summed E-state index contributed by atoms with van der Waals surface area (Å²) < 4.78 is 6.35. The summed E-state index contributed by atoms with van der Waals surface area (Å²) in [6, 6.07) is 15.6. The van der Waals surface area contributed by atoms with Crippen molar-refractivity contribution in [2.45, 2.75) is 6.92 Å². The number of fused-ring (bicyclic) bond motifs is 3. The van der Waals surface area contributed by atoms with Crippen LogP contribution < -0.4 is 15.2 Å². The van der Waals surface area contributed by atoms with Crippen LogP contribution in [0.1, 0.15) is 15.2 Å². The number of aromatic nitrogens is 1. The van der Waals surface area contributed by atoms with Crippen LogP contribution in [0.25, 0.3) is 21.0 Å². The Hall–Kier alpha value is -3.32. The van der Waals surface area contributed by atoms with Crippen molar-refractivity contribution < 1.29 is 9.53 Å². The van der Waals surface area contributed by atoms with Crippen LogP contribution in [-0.2, 0) is 0 Å². The average molecular weight is 434 g/mol. The molecule has 0 unspecified atom stereocenters. The third kappa shape index (κ3) is 3.45. The van der Waals surface area contributed by atoms with Crippen molar-refractivity contribution in [1.82, 2.24) is 9.88 Å². The fraction of sp³-hybridized carbons (Fsp3) is 0.250. The van der Waals surface area contributed by atoms with Gasteiger partial charge in [-0.05, 0) is 37.3 Å². The molecule has 0 bridgehead atoms. The first-order valence-electron chi connectivity index (χ1n) is 10.3. The number of H-pyrrole nitrogens is 1. The van der Waals surface area contributed by atoms with Gasteiger partial charge in [0, 0.05) is 41.8 Å². The molecule has 1 fully saturated rings. The number of anilines is 1. The molecule has 0 aliphatic carbocycles. The maximum atomic E-state index is 13.2. The topological polar surface area (TPSA) is 65.6 Å². The van der Waals surface area contributed by atoms with Gasteiger partial charge in [-0.1, -0.05) is 23.8 Å². The summed E-state index contributed by atoms with van der Waals surface area (Å²) in [5.74, 6) is 0.828. The fourth-order valence-electron chi connectivity index (χ4n) is 4.21. The predicted octanol–water partition coefficient (Wildman–Crippen LogP) is 4.02. The number of aryl methyl sites for hydroxylation is 1. The molecule has 7 heteroatoms. The summed E-state index contributed by atoms with van der Waals surface area (Å²) in [7, 11) is 1.67. The van der Waals surface area contributed by atoms with E-state index in [-0.39, 0.29) is 11.5 Å². The van der Waals surface area contributed by atoms with E-state index in [1.165, 1.54) is 11.3 Å². The molecule has 4 aromatic rings. The number of piperazine rings is 1. The molecule has 0 spiro atoms. The second kappa shape index (κ2) is 7.74. The Kier molecular flexibility index (Phi) is 4.90. The maximum absolute atomic E-state index is 13.2. The molecule has 1 N–H and O–H groups in total. The van der Waals surface area contributed by atoms with Crippen molar-refractivity contribution in [3.63, 3.8) is 0 Å². The van der Waals surface area contributed by atoms with Gasteiger partial charge in [0.25, 0.3) is 11.5 Å². The first kappa shape index (κ1) is 19.6. The van der Waals surface area contributed by atoms with Crippen molar-refractivity contribution >= 4 is 43.9 Å². The molecule has 0 atom stereocenters. The van der Waals surface area contributed by atoms with E-state index >= 15 is 0 Å². The molecular formula is C24H23N3O3S. The van der Waals surface area contributed by atoms with Crippen molar-refractivity contribution in [1.29, 1.82) is 0 Å². The molecule has 5 rings (SSSR count). The first-order chi connectivity index (χ1) is 15.0. The molecule has 3 heterocycles. The molecule has 0 radical (unpaired) electrons. The number of carbonyl (C=O) groups excluding carboxylic acids is 1. The van der Waals surface area contributed by atoms with Gasteiger partial charge in [-0.2, -0.15) is 0 Å². The van der Waals surface area contributed by atoms with Gasteiger partial charge in [0.15, 0.2) is 0 Å². The minimum Gasteiger partial charge on any atom is -0.495 e. The van der Waals surface area contributed by atoms with Gasteiger partial charge < -0.3 is 19.5 Å². The van der Waals surface area contributed by atoms with Crippen LogP contribution in [0.4, 0.5) is 5.69 Å². The molecule has 1 amide bonds. The van der Waals surface area contributed by atoms with E-state index < -0.39 is 0 Å². The summed E-state index contributed by atoms with van der Waals surface area (Å²) in [5.41, 5.74) is 2.82. The third-order valence-corrected chi connectivity index (χ3v) is 7.00. The second-order valence-electron chi connectivity index (χ2n) is 7.81. The minimum absolute atomic E-state index is 0.0129. The van der Waals surface area contributed by atoms with E-state index in [9.17, 15) is 9.59 Å². The number of amides is 1. The minimum atomic E-state index is -0.150. The standard InChI is InChI=1S/C24H23N3O3S/c1-15-7-8-18-16(13-15)22-17(23(28)25-18)14-21(31-22)24(29)27-11-9-26(10-12-27)19-5-3-4-6-20(19)30-2/h3-8,13-14H,9-12H2,1-2H3,(H,25,28). The number of pyridine rings is 1.